The second-order valence-corrected chi connectivity index (χ2v) is 11.7. The number of amides is 1. The molecule has 0 spiro atoms. The third-order valence-corrected chi connectivity index (χ3v) is 8.31. The molecule has 0 radical (unpaired) electrons. The monoisotopic (exact) mass is 580 g/mol. The standard InChI is InChI=1S/C34H48N2O6/c37-25-27-14-16-28(17-15-27)31-22-30(24-36-20-8-4-1-5-9-21-36)41-34(42-31)29-18-12-26(13-19-29)23-35-32(38)10-6-2-3-7-11-33(39)40/h12-19,30-31,34,37H,1-11,20-25H2,(H,35,38)(H,39,40). The Morgan fingerprint density at radius 2 is 1.40 bits per heavy atom. The Morgan fingerprint density at radius 3 is 2.07 bits per heavy atom. The zero-order valence-electron chi connectivity index (χ0n) is 24.8. The first kappa shape index (κ1) is 32.1. The number of nitrogens with one attached hydrogen (secondary N) is 1. The Hall–Kier alpha value is -2.78. The van der Waals surface area contributed by atoms with E-state index < -0.39 is 12.3 Å². The van der Waals surface area contributed by atoms with Crippen LogP contribution in [0.4, 0.5) is 0 Å². The van der Waals surface area contributed by atoms with Crippen LogP contribution in [0.15, 0.2) is 48.5 Å². The number of carboxylic acid groups (broad SMARTS) is 1. The fourth-order valence-electron chi connectivity index (χ4n) is 5.81. The number of aliphatic hydroxyl groups is 1. The van der Waals surface area contributed by atoms with Gasteiger partial charge in [-0.15, -0.1) is 0 Å². The van der Waals surface area contributed by atoms with Gasteiger partial charge in [-0.1, -0.05) is 80.6 Å². The number of rotatable bonds is 14. The molecule has 0 aliphatic carbocycles. The van der Waals surface area contributed by atoms with Gasteiger partial charge in [0, 0.05) is 37.9 Å². The molecule has 2 fully saturated rings. The summed E-state index contributed by atoms with van der Waals surface area (Å²) in [5, 5.41) is 21.2. The van der Waals surface area contributed by atoms with Crippen molar-refractivity contribution in [2.75, 3.05) is 19.6 Å². The van der Waals surface area contributed by atoms with Crippen LogP contribution in [0, 0.1) is 0 Å². The van der Waals surface area contributed by atoms with E-state index in [0.29, 0.717) is 19.4 Å². The molecule has 3 unspecified atom stereocenters. The fraction of sp³-hybridized carbons (Fsp3) is 0.588. The molecule has 3 atom stereocenters. The average Bonchev–Trinajstić information content (AvgIpc) is 2.99. The number of carbonyl (C=O) groups is 2. The Bertz CT molecular complexity index is 1080. The summed E-state index contributed by atoms with van der Waals surface area (Å²) < 4.78 is 13.1. The lowest BCUT2D eigenvalue weighted by Gasteiger charge is -2.38. The van der Waals surface area contributed by atoms with E-state index >= 15 is 0 Å². The topological polar surface area (TPSA) is 108 Å². The number of hydrogen-bond donors (Lipinski definition) is 3. The van der Waals surface area contributed by atoms with Gasteiger partial charge in [-0.25, -0.2) is 0 Å². The number of aliphatic carboxylic acids is 1. The van der Waals surface area contributed by atoms with Gasteiger partial charge < -0.3 is 29.9 Å². The van der Waals surface area contributed by atoms with E-state index in [1.807, 2.05) is 48.5 Å². The number of hydrogen-bond acceptors (Lipinski definition) is 6. The zero-order chi connectivity index (χ0) is 29.6. The summed E-state index contributed by atoms with van der Waals surface area (Å²) in [6.07, 6.45) is 10.4. The molecule has 2 saturated heterocycles. The number of carbonyl (C=O) groups excluding carboxylic acids is 1. The van der Waals surface area contributed by atoms with Crippen LogP contribution in [0.2, 0.25) is 0 Å². The van der Waals surface area contributed by atoms with Crippen LogP contribution < -0.4 is 5.32 Å². The number of unbranched alkanes of at least 4 members (excludes halogenated alkanes) is 3. The molecule has 2 aromatic carbocycles. The minimum absolute atomic E-state index is 0.0124. The molecule has 2 aliphatic heterocycles. The van der Waals surface area contributed by atoms with Crippen LogP contribution >= 0.6 is 0 Å². The highest BCUT2D eigenvalue weighted by Gasteiger charge is 2.33. The lowest BCUT2D eigenvalue weighted by Crippen LogP contribution is -2.40. The van der Waals surface area contributed by atoms with E-state index in [0.717, 1.165) is 67.6 Å². The van der Waals surface area contributed by atoms with Gasteiger partial charge in [0.2, 0.25) is 5.91 Å². The molecule has 2 aliphatic rings. The summed E-state index contributed by atoms with van der Waals surface area (Å²) in [6.45, 7) is 3.62. The maximum atomic E-state index is 12.3. The Kier molecular flexibility index (Phi) is 13.3. The quantitative estimate of drug-likeness (QED) is 0.234. The summed E-state index contributed by atoms with van der Waals surface area (Å²) in [4.78, 5) is 25.4. The molecular weight excluding hydrogens is 532 g/mol. The SMILES string of the molecule is O=C(O)CCCCCCC(=O)NCc1ccc(C2OC(CN3CCCCCCC3)CC(c3ccc(CO)cc3)O2)cc1. The molecular formula is C34H48N2O6. The second-order valence-electron chi connectivity index (χ2n) is 11.7. The highest BCUT2D eigenvalue weighted by molar-refractivity contribution is 5.75. The number of ether oxygens (including phenoxy) is 2. The molecule has 1 amide bonds. The summed E-state index contributed by atoms with van der Waals surface area (Å²) in [5.74, 6) is -0.755. The number of nitrogens with zero attached hydrogens (tertiary/aromatic N) is 1. The molecule has 2 aromatic rings. The average molecular weight is 581 g/mol. The highest BCUT2D eigenvalue weighted by Crippen LogP contribution is 2.38. The maximum absolute atomic E-state index is 12.3. The molecule has 2 heterocycles. The summed E-state index contributed by atoms with van der Waals surface area (Å²) >= 11 is 0. The number of likely N-dealkylation sites (tertiary alicyclic amines) is 1. The van der Waals surface area contributed by atoms with Crippen LogP contribution in [0.25, 0.3) is 0 Å². The molecule has 4 rings (SSSR count). The second kappa shape index (κ2) is 17.4. The number of carboxylic acids is 1. The predicted molar refractivity (Wildman–Crippen MR) is 162 cm³/mol. The van der Waals surface area contributed by atoms with E-state index in [2.05, 4.69) is 10.2 Å². The Morgan fingerprint density at radius 1 is 0.786 bits per heavy atom. The third-order valence-electron chi connectivity index (χ3n) is 8.31. The van der Waals surface area contributed by atoms with Gasteiger partial charge in [0.05, 0.1) is 18.8 Å². The van der Waals surface area contributed by atoms with Crippen LogP contribution in [0.5, 0.6) is 0 Å². The third kappa shape index (κ3) is 10.8. The van der Waals surface area contributed by atoms with Crippen molar-refractivity contribution in [2.24, 2.45) is 0 Å². The molecule has 42 heavy (non-hydrogen) atoms. The normalized spacial score (nSPS) is 21.8. The first-order valence-corrected chi connectivity index (χ1v) is 15.8. The minimum atomic E-state index is -0.767. The van der Waals surface area contributed by atoms with Gasteiger partial charge in [0.15, 0.2) is 6.29 Å². The zero-order valence-corrected chi connectivity index (χ0v) is 24.8. The van der Waals surface area contributed by atoms with Crippen molar-refractivity contribution in [1.82, 2.24) is 10.2 Å². The van der Waals surface area contributed by atoms with Crippen LogP contribution in [0.1, 0.15) is 112 Å². The van der Waals surface area contributed by atoms with E-state index in [1.54, 1.807) is 0 Å². The Labute approximate surface area is 250 Å². The van der Waals surface area contributed by atoms with E-state index in [-0.39, 0.29) is 31.1 Å². The van der Waals surface area contributed by atoms with Crippen molar-refractivity contribution in [3.8, 4) is 0 Å². The van der Waals surface area contributed by atoms with Crippen molar-refractivity contribution in [3.63, 3.8) is 0 Å². The maximum Gasteiger partial charge on any atom is 0.303 e. The van der Waals surface area contributed by atoms with Crippen molar-refractivity contribution in [1.29, 1.82) is 0 Å². The lowest BCUT2D eigenvalue weighted by molar-refractivity contribution is -0.253. The van der Waals surface area contributed by atoms with E-state index in [1.165, 1.54) is 32.1 Å². The minimum Gasteiger partial charge on any atom is -0.481 e. The number of aliphatic hydroxyl groups excluding tert-OH is 1. The smallest absolute Gasteiger partial charge is 0.303 e. The van der Waals surface area contributed by atoms with Crippen molar-refractivity contribution < 1.29 is 29.3 Å². The van der Waals surface area contributed by atoms with Gasteiger partial charge in [-0.05, 0) is 55.5 Å². The fourth-order valence-corrected chi connectivity index (χ4v) is 5.81. The Balaban J connectivity index is 1.32. The molecule has 3 N–H and O–H groups in total. The van der Waals surface area contributed by atoms with Gasteiger partial charge >= 0.3 is 5.97 Å². The molecule has 0 saturated carbocycles. The largest absolute Gasteiger partial charge is 0.481 e. The summed E-state index contributed by atoms with van der Waals surface area (Å²) in [7, 11) is 0. The van der Waals surface area contributed by atoms with Gasteiger partial charge in [-0.2, -0.15) is 0 Å². The molecule has 230 valence electrons. The number of benzene rings is 2. The molecule has 0 bridgehead atoms. The van der Waals surface area contributed by atoms with Crippen LogP contribution in [-0.4, -0.2) is 52.7 Å². The summed E-state index contributed by atoms with van der Waals surface area (Å²) in [6, 6.07) is 16.1. The van der Waals surface area contributed by atoms with Gasteiger partial charge in [-0.3, -0.25) is 9.59 Å². The molecule has 8 nitrogen and oxygen atoms in total. The van der Waals surface area contributed by atoms with Crippen molar-refractivity contribution in [2.45, 2.75) is 109 Å². The van der Waals surface area contributed by atoms with E-state index in [9.17, 15) is 14.7 Å². The van der Waals surface area contributed by atoms with Gasteiger partial charge in [0.1, 0.15) is 0 Å². The van der Waals surface area contributed by atoms with Crippen molar-refractivity contribution in [3.05, 3.63) is 70.8 Å². The van der Waals surface area contributed by atoms with Crippen LogP contribution in [-0.2, 0) is 32.2 Å². The summed E-state index contributed by atoms with van der Waals surface area (Å²) in [5.41, 5.74) is 3.95. The van der Waals surface area contributed by atoms with E-state index in [4.69, 9.17) is 14.6 Å². The van der Waals surface area contributed by atoms with Gasteiger partial charge in [0.25, 0.3) is 0 Å². The van der Waals surface area contributed by atoms with Crippen LogP contribution in [0.3, 0.4) is 0 Å². The molecule has 0 aromatic heterocycles. The first-order valence-electron chi connectivity index (χ1n) is 15.8. The lowest BCUT2D eigenvalue weighted by atomic mass is 9.99. The predicted octanol–water partition coefficient (Wildman–Crippen LogP) is 6.03. The molecule has 8 heteroatoms. The van der Waals surface area contributed by atoms with Crippen molar-refractivity contribution >= 4 is 11.9 Å². The first-order chi connectivity index (χ1) is 20.5. The highest BCUT2D eigenvalue weighted by atomic mass is 16.7.